The van der Waals surface area contributed by atoms with Crippen molar-refractivity contribution in [1.29, 1.82) is 0 Å². The third kappa shape index (κ3) is 2.32. The fourth-order valence-corrected chi connectivity index (χ4v) is 2.84. The normalized spacial score (nSPS) is 21.2. The van der Waals surface area contributed by atoms with E-state index in [1.54, 1.807) is 0 Å². The third-order valence-corrected chi connectivity index (χ3v) is 3.86. The van der Waals surface area contributed by atoms with Crippen LogP contribution in [0.3, 0.4) is 0 Å². The molecule has 0 bridgehead atoms. The molecule has 2 aliphatic rings. The number of hydrogen-bond acceptors (Lipinski definition) is 3. The first-order valence-corrected chi connectivity index (χ1v) is 6.93. The summed E-state index contributed by atoms with van der Waals surface area (Å²) in [5.74, 6) is 1.13. The van der Waals surface area contributed by atoms with Gasteiger partial charge in [0.15, 0.2) is 0 Å². The van der Waals surface area contributed by atoms with Crippen LogP contribution in [0.15, 0.2) is 12.1 Å². The summed E-state index contributed by atoms with van der Waals surface area (Å²) in [4.78, 5) is 2.22. The fourth-order valence-electron chi connectivity index (χ4n) is 2.84. The molecule has 0 fully saturated rings. The molecule has 2 aliphatic heterocycles. The van der Waals surface area contributed by atoms with Crippen molar-refractivity contribution in [2.24, 2.45) is 0 Å². The molecule has 0 radical (unpaired) electrons. The van der Waals surface area contributed by atoms with Gasteiger partial charge < -0.3 is 15.0 Å². The van der Waals surface area contributed by atoms with E-state index in [4.69, 9.17) is 4.74 Å². The summed E-state index contributed by atoms with van der Waals surface area (Å²) in [6.07, 6.45) is 4.96. The van der Waals surface area contributed by atoms with Gasteiger partial charge in [-0.2, -0.15) is 0 Å². The summed E-state index contributed by atoms with van der Waals surface area (Å²) < 4.78 is 6.07. The minimum atomic E-state index is 0.367. The highest BCUT2D eigenvalue weighted by Gasteiger charge is 2.25. The van der Waals surface area contributed by atoms with E-state index in [2.05, 4.69) is 36.4 Å². The number of aryl methyl sites for hydroxylation is 1. The molecule has 0 aliphatic carbocycles. The van der Waals surface area contributed by atoms with Crippen molar-refractivity contribution < 1.29 is 4.74 Å². The zero-order chi connectivity index (χ0) is 12.5. The van der Waals surface area contributed by atoms with Crippen LogP contribution in [-0.2, 0) is 12.8 Å². The van der Waals surface area contributed by atoms with E-state index in [0.29, 0.717) is 6.10 Å². The average Bonchev–Trinajstić information content (AvgIpc) is 2.75. The van der Waals surface area contributed by atoms with Gasteiger partial charge in [0, 0.05) is 25.2 Å². The highest BCUT2D eigenvalue weighted by Crippen LogP contribution is 2.36. The first-order valence-electron chi connectivity index (χ1n) is 6.93. The Morgan fingerprint density at radius 3 is 3.06 bits per heavy atom. The van der Waals surface area contributed by atoms with Gasteiger partial charge in [-0.1, -0.05) is 0 Å². The highest BCUT2D eigenvalue weighted by atomic mass is 16.5. The van der Waals surface area contributed by atoms with Crippen LogP contribution in [0.2, 0.25) is 0 Å². The van der Waals surface area contributed by atoms with E-state index in [-0.39, 0.29) is 0 Å². The predicted octanol–water partition coefficient (Wildman–Crippen LogP) is 2.30. The topological polar surface area (TPSA) is 24.5 Å². The Kier molecular flexibility index (Phi) is 3.16. The lowest BCUT2D eigenvalue weighted by Crippen LogP contribution is -2.22. The van der Waals surface area contributed by atoms with E-state index in [9.17, 15) is 0 Å². The van der Waals surface area contributed by atoms with Crippen LogP contribution in [0.5, 0.6) is 5.75 Å². The second-order valence-corrected chi connectivity index (χ2v) is 5.68. The first kappa shape index (κ1) is 11.8. The van der Waals surface area contributed by atoms with Crippen molar-refractivity contribution in [1.82, 2.24) is 4.90 Å². The van der Waals surface area contributed by atoms with E-state index in [1.807, 2.05) is 0 Å². The van der Waals surface area contributed by atoms with Gasteiger partial charge in [0.1, 0.15) is 11.9 Å². The molecule has 2 heterocycles. The molecule has 3 nitrogen and oxygen atoms in total. The van der Waals surface area contributed by atoms with Gasteiger partial charge in [-0.3, -0.25) is 0 Å². The molecule has 0 saturated carbocycles. The number of nitrogens with zero attached hydrogens (tertiary/aromatic N) is 1. The number of benzene rings is 1. The van der Waals surface area contributed by atoms with Crippen LogP contribution in [0.1, 0.15) is 24.0 Å². The second-order valence-electron chi connectivity index (χ2n) is 5.68. The van der Waals surface area contributed by atoms with Crippen molar-refractivity contribution in [2.75, 3.05) is 32.5 Å². The molecular formula is C15H22N2O. The van der Waals surface area contributed by atoms with Crippen LogP contribution in [0, 0.1) is 0 Å². The van der Waals surface area contributed by atoms with Crippen LogP contribution in [0.4, 0.5) is 5.69 Å². The monoisotopic (exact) mass is 246 g/mol. The summed E-state index contributed by atoms with van der Waals surface area (Å²) in [6.45, 7) is 2.20. The van der Waals surface area contributed by atoms with Gasteiger partial charge in [0.05, 0.1) is 0 Å². The van der Waals surface area contributed by atoms with Crippen molar-refractivity contribution in [3.63, 3.8) is 0 Å². The molecule has 1 aromatic carbocycles. The van der Waals surface area contributed by atoms with E-state index in [0.717, 1.165) is 31.7 Å². The number of rotatable bonds is 3. The summed E-state index contributed by atoms with van der Waals surface area (Å²) in [5, 5.41) is 3.49. The van der Waals surface area contributed by atoms with Gasteiger partial charge >= 0.3 is 0 Å². The lowest BCUT2D eigenvalue weighted by Gasteiger charge is -2.18. The quantitative estimate of drug-likeness (QED) is 0.885. The molecule has 1 N–H and O–H groups in total. The van der Waals surface area contributed by atoms with Crippen molar-refractivity contribution in [3.05, 3.63) is 23.3 Å². The first-order chi connectivity index (χ1) is 8.72. The Bertz CT molecular complexity index is 407. The molecule has 1 aromatic rings. The molecule has 3 rings (SSSR count). The maximum atomic E-state index is 6.07. The SMILES string of the molecule is CN(C)CCC1Cc2cc3c(cc2O1)CCCN3. The number of ether oxygens (including phenoxy) is 1. The largest absolute Gasteiger partial charge is 0.490 e. The zero-order valence-corrected chi connectivity index (χ0v) is 11.3. The third-order valence-electron chi connectivity index (χ3n) is 3.86. The number of hydrogen-bond donors (Lipinski definition) is 1. The minimum Gasteiger partial charge on any atom is -0.490 e. The van der Waals surface area contributed by atoms with E-state index in [1.165, 1.54) is 29.7 Å². The maximum absolute atomic E-state index is 6.07. The standard InChI is InChI=1S/C15H22N2O/c1-17(2)7-5-13-8-12-9-14-11(4-3-6-16-14)10-15(12)18-13/h9-10,13,16H,3-8H2,1-2H3. The van der Waals surface area contributed by atoms with E-state index >= 15 is 0 Å². The summed E-state index contributed by atoms with van der Waals surface area (Å²) in [5.41, 5.74) is 4.14. The second kappa shape index (κ2) is 4.81. The highest BCUT2D eigenvalue weighted by molar-refractivity contribution is 5.60. The molecule has 98 valence electrons. The summed E-state index contributed by atoms with van der Waals surface area (Å²) in [6, 6.07) is 4.56. The van der Waals surface area contributed by atoms with Gasteiger partial charge in [-0.15, -0.1) is 0 Å². The van der Waals surface area contributed by atoms with Gasteiger partial charge in [-0.05, 0) is 56.6 Å². The molecule has 3 heteroatoms. The van der Waals surface area contributed by atoms with Crippen LogP contribution < -0.4 is 10.1 Å². The Morgan fingerprint density at radius 2 is 2.22 bits per heavy atom. The number of fused-ring (bicyclic) bond motifs is 2. The van der Waals surface area contributed by atoms with Crippen LogP contribution >= 0.6 is 0 Å². The van der Waals surface area contributed by atoms with Crippen molar-refractivity contribution in [3.8, 4) is 5.75 Å². The Morgan fingerprint density at radius 1 is 1.33 bits per heavy atom. The van der Waals surface area contributed by atoms with Gasteiger partial charge in [0.25, 0.3) is 0 Å². The van der Waals surface area contributed by atoms with Crippen molar-refractivity contribution >= 4 is 5.69 Å². The Labute approximate surface area is 109 Å². The van der Waals surface area contributed by atoms with Crippen LogP contribution in [-0.4, -0.2) is 38.2 Å². The van der Waals surface area contributed by atoms with Gasteiger partial charge in [0.2, 0.25) is 0 Å². The lowest BCUT2D eigenvalue weighted by molar-refractivity contribution is 0.203. The molecule has 0 aromatic heterocycles. The molecule has 0 saturated heterocycles. The van der Waals surface area contributed by atoms with E-state index < -0.39 is 0 Å². The molecule has 1 atom stereocenters. The molecule has 1 unspecified atom stereocenters. The fraction of sp³-hybridized carbons (Fsp3) is 0.600. The molecule has 18 heavy (non-hydrogen) atoms. The average molecular weight is 246 g/mol. The predicted molar refractivity (Wildman–Crippen MR) is 74.5 cm³/mol. The molecule has 0 spiro atoms. The molecule has 0 amide bonds. The minimum absolute atomic E-state index is 0.367. The smallest absolute Gasteiger partial charge is 0.123 e. The summed E-state index contributed by atoms with van der Waals surface area (Å²) in [7, 11) is 4.23. The molecular weight excluding hydrogens is 224 g/mol. The summed E-state index contributed by atoms with van der Waals surface area (Å²) >= 11 is 0. The number of anilines is 1. The lowest BCUT2D eigenvalue weighted by atomic mass is 9.99. The number of nitrogens with one attached hydrogen (secondary N) is 1. The maximum Gasteiger partial charge on any atom is 0.123 e. The Balaban J connectivity index is 1.73. The zero-order valence-electron chi connectivity index (χ0n) is 11.3. The van der Waals surface area contributed by atoms with Gasteiger partial charge in [-0.25, -0.2) is 0 Å². The Hall–Kier alpha value is -1.22. The van der Waals surface area contributed by atoms with Crippen molar-refractivity contribution in [2.45, 2.75) is 31.8 Å². The van der Waals surface area contributed by atoms with Crippen LogP contribution in [0.25, 0.3) is 0 Å².